The predicted octanol–water partition coefficient (Wildman–Crippen LogP) is 3.71. The molecule has 1 unspecified atom stereocenters. The molecule has 3 aromatic rings. The van der Waals surface area contributed by atoms with Crippen molar-refractivity contribution in [2.24, 2.45) is 0 Å². The molecule has 40 heavy (non-hydrogen) atoms. The number of hydrogen-bond acceptors (Lipinski definition) is 9. The second-order valence-electron chi connectivity index (χ2n) is 10.2. The summed E-state index contributed by atoms with van der Waals surface area (Å²) in [5.74, 6) is -0.226. The summed E-state index contributed by atoms with van der Waals surface area (Å²) in [6, 6.07) is 11.0. The van der Waals surface area contributed by atoms with Gasteiger partial charge in [-0.25, -0.2) is 13.4 Å². The van der Waals surface area contributed by atoms with Crippen molar-refractivity contribution in [1.29, 1.82) is 0 Å². The molecule has 2 aromatic carbocycles. The van der Waals surface area contributed by atoms with Crippen LogP contribution in [0.4, 0.5) is 10.8 Å². The minimum atomic E-state index is -3.57. The molecule has 2 aliphatic rings. The summed E-state index contributed by atoms with van der Waals surface area (Å²) in [5, 5.41) is 14.8. The Balaban J connectivity index is 1.09. The highest BCUT2D eigenvalue weighted by Crippen LogP contribution is 2.32. The van der Waals surface area contributed by atoms with Crippen LogP contribution in [0.15, 0.2) is 47.4 Å². The van der Waals surface area contributed by atoms with E-state index in [2.05, 4.69) is 20.1 Å². The number of anilines is 1. The van der Waals surface area contributed by atoms with Crippen molar-refractivity contribution in [1.82, 2.24) is 19.5 Å². The lowest BCUT2D eigenvalue weighted by Gasteiger charge is -2.34. The van der Waals surface area contributed by atoms with E-state index in [1.54, 1.807) is 28.6 Å². The monoisotopic (exact) mass is 586 g/mol. The van der Waals surface area contributed by atoms with Crippen molar-refractivity contribution in [3.63, 3.8) is 0 Å². The number of thiazole rings is 1. The Morgan fingerprint density at radius 1 is 1.10 bits per heavy atom. The SMILES string of the molecule is CCC1CCCCN1S(=O)(=O)c1ccc(C(=O)NCCN2CCN(c3nc4ccc([N+](=O)[O-])cc4s3)CC2)cc1. The fourth-order valence-corrected chi connectivity index (χ4v) is 8.17. The maximum atomic E-state index is 13.2. The number of nitro groups is 1. The van der Waals surface area contributed by atoms with E-state index in [-0.39, 0.29) is 22.5 Å². The van der Waals surface area contributed by atoms with Crippen LogP contribution >= 0.6 is 11.3 Å². The van der Waals surface area contributed by atoms with E-state index < -0.39 is 14.9 Å². The Morgan fingerprint density at radius 3 is 2.55 bits per heavy atom. The lowest BCUT2D eigenvalue weighted by atomic mass is 10.0. The van der Waals surface area contributed by atoms with Gasteiger partial charge in [0.15, 0.2) is 5.13 Å². The fourth-order valence-electron chi connectivity index (χ4n) is 5.35. The molecule has 5 rings (SSSR count). The van der Waals surface area contributed by atoms with Crippen molar-refractivity contribution < 1.29 is 18.1 Å². The highest BCUT2D eigenvalue weighted by atomic mass is 32.2. The first kappa shape index (κ1) is 28.4. The first-order valence-corrected chi connectivity index (χ1v) is 15.9. The van der Waals surface area contributed by atoms with Crippen molar-refractivity contribution in [2.45, 2.75) is 43.5 Å². The number of nitrogens with one attached hydrogen (secondary N) is 1. The Bertz CT molecular complexity index is 1470. The Morgan fingerprint density at radius 2 is 1.85 bits per heavy atom. The van der Waals surface area contributed by atoms with E-state index in [0.717, 1.165) is 67.2 Å². The highest BCUT2D eigenvalue weighted by Gasteiger charge is 2.32. The number of nitrogens with zero attached hydrogens (tertiary/aromatic N) is 5. The van der Waals surface area contributed by atoms with Crippen molar-refractivity contribution >= 4 is 48.3 Å². The molecule has 3 heterocycles. The number of carbonyl (C=O) groups is 1. The third kappa shape index (κ3) is 6.12. The molecule has 1 atom stereocenters. The van der Waals surface area contributed by atoms with Crippen LogP contribution in [0.2, 0.25) is 0 Å². The van der Waals surface area contributed by atoms with Gasteiger partial charge in [-0.3, -0.25) is 19.8 Å². The van der Waals surface area contributed by atoms with Gasteiger partial charge in [0.2, 0.25) is 10.0 Å². The summed E-state index contributed by atoms with van der Waals surface area (Å²) in [7, 11) is -3.57. The molecule has 1 amide bonds. The number of rotatable bonds is 9. The number of aromatic nitrogens is 1. The zero-order valence-corrected chi connectivity index (χ0v) is 24.1. The smallest absolute Gasteiger partial charge is 0.270 e. The van der Waals surface area contributed by atoms with Crippen molar-refractivity contribution in [2.75, 3.05) is 50.7 Å². The summed E-state index contributed by atoms with van der Waals surface area (Å²) < 4.78 is 28.8. The topological polar surface area (TPSA) is 129 Å². The quantitative estimate of drug-likeness (QED) is 0.297. The van der Waals surface area contributed by atoms with Gasteiger partial charge < -0.3 is 10.2 Å². The van der Waals surface area contributed by atoms with Crippen molar-refractivity contribution in [3.05, 3.63) is 58.1 Å². The second-order valence-corrected chi connectivity index (χ2v) is 13.1. The molecule has 1 N–H and O–H groups in total. The van der Waals surface area contributed by atoms with Crippen LogP contribution in [0.5, 0.6) is 0 Å². The third-order valence-corrected chi connectivity index (χ3v) is 10.7. The van der Waals surface area contributed by atoms with Gasteiger partial charge in [0.05, 0.1) is 20.0 Å². The van der Waals surface area contributed by atoms with Crippen LogP contribution in [0.1, 0.15) is 43.0 Å². The van der Waals surface area contributed by atoms with Gasteiger partial charge >= 0.3 is 0 Å². The number of carbonyl (C=O) groups excluding carboxylic acids is 1. The first-order chi connectivity index (χ1) is 19.3. The first-order valence-electron chi connectivity index (χ1n) is 13.7. The van der Waals surface area contributed by atoms with E-state index in [0.29, 0.717) is 25.2 Å². The van der Waals surface area contributed by atoms with E-state index in [1.807, 2.05) is 6.92 Å². The van der Waals surface area contributed by atoms with Crippen LogP contribution in [0, 0.1) is 10.1 Å². The third-order valence-electron chi connectivity index (χ3n) is 7.70. The zero-order chi connectivity index (χ0) is 28.3. The molecule has 214 valence electrons. The molecule has 0 radical (unpaired) electrons. The Kier molecular flexibility index (Phi) is 8.64. The Labute approximate surface area is 238 Å². The maximum absolute atomic E-state index is 13.2. The number of piperidine rings is 1. The summed E-state index contributed by atoms with van der Waals surface area (Å²) in [6.45, 7) is 6.93. The predicted molar refractivity (Wildman–Crippen MR) is 156 cm³/mol. The second kappa shape index (κ2) is 12.2. The lowest BCUT2D eigenvalue weighted by Crippen LogP contribution is -2.48. The highest BCUT2D eigenvalue weighted by molar-refractivity contribution is 7.89. The van der Waals surface area contributed by atoms with Gasteiger partial charge in [-0.15, -0.1) is 0 Å². The number of nitro benzene ring substituents is 1. The number of piperazine rings is 1. The average Bonchev–Trinajstić information content (AvgIpc) is 3.41. The maximum Gasteiger partial charge on any atom is 0.270 e. The molecular formula is C27H34N6O5S2. The van der Waals surface area contributed by atoms with E-state index >= 15 is 0 Å². The van der Waals surface area contributed by atoms with E-state index in [9.17, 15) is 23.3 Å². The summed E-state index contributed by atoms with van der Waals surface area (Å²) in [4.78, 5) is 32.7. The number of non-ortho nitro benzene ring substituents is 1. The zero-order valence-electron chi connectivity index (χ0n) is 22.5. The molecule has 1 aromatic heterocycles. The molecule has 2 fully saturated rings. The van der Waals surface area contributed by atoms with Gasteiger partial charge in [0.25, 0.3) is 11.6 Å². The van der Waals surface area contributed by atoms with Crippen LogP contribution in [0.3, 0.4) is 0 Å². The summed E-state index contributed by atoms with van der Waals surface area (Å²) in [5.41, 5.74) is 1.27. The molecular weight excluding hydrogens is 552 g/mol. The number of fused-ring (bicyclic) bond motifs is 1. The largest absolute Gasteiger partial charge is 0.351 e. The molecule has 11 nitrogen and oxygen atoms in total. The lowest BCUT2D eigenvalue weighted by molar-refractivity contribution is -0.384. The molecule has 0 saturated carbocycles. The minimum Gasteiger partial charge on any atom is -0.351 e. The van der Waals surface area contributed by atoms with E-state index in [4.69, 9.17) is 0 Å². The van der Waals surface area contributed by atoms with Crippen LogP contribution in [-0.2, 0) is 10.0 Å². The fraction of sp³-hybridized carbons (Fsp3) is 0.481. The number of sulfonamides is 1. The summed E-state index contributed by atoms with van der Waals surface area (Å²) in [6.07, 6.45) is 3.61. The molecule has 2 saturated heterocycles. The van der Waals surface area contributed by atoms with Crippen LogP contribution in [0.25, 0.3) is 10.2 Å². The molecule has 0 spiro atoms. The van der Waals surface area contributed by atoms with Gasteiger partial charge in [-0.1, -0.05) is 24.7 Å². The van der Waals surface area contributed by atoms with Gasteiger partial charge in [-0.05, 0) is 49.6 Å². The Hall–Kier alpha value is -3.13. The number of amides is 1. The van der Waals surface area contributed by atoms with Gasteiger partial charge in [0, 0.05) is 69.6 Å². The molecule has 0 aliphatic carbocycles. The number of benzene rings is 2. The van der Waals surface area contributed by atoms with Crippen LogP contribution in [-0.4, -0.2) is 85.3 Å². The summed E-state index contributed by atoms with van der Waals surface area (Å²) >= 11 is 1.46. The van der Waals surface area contributed by atoms with E-state index in [1.165, 1.54) is 29.5 Å². The molecule has 2 aliphatic heterocycles. The number of hydrogen-bond donors (Lipinski definition) is 1. The molecule has 0 bridgehead atoms. The van der Waals surface area contributed by atoms with Gasteiger partial charge in [0.1, 0.15) is 0 Å². The standard InChI is InChI=1S/C27H34N6O5S2/c1-2-21-5-3-4-13-32(21)40(37,38)23-9-6-20(7-10-23)26(34)28-12-14-30-15-17-31(18-16-30)27-29-24-11-8-22(33(35)36)19-25(24)39-27/h6-11,19,21H,2-5,12-18H2,1H3,(H,28,34). The molecule has 13 heteroatoms. The normalized spacial score (nSPS) is 19.1. The van der Waals surface area contributed by atoms with Crippen molar-refractivity contribution in [3.8, 4) is 0 Å². The minimum absolute atomic E-state index is 0.0359. The van der Waals surface area contributed by atoms with Gasteiger partial charge in [-0.2, -0.15) is 4.31 Å². The van der Waals surface area contributed by atoms with Crippen LogP contribution < -0.4 is 10.2 Å². The average molecular weight is 587 g/mol.